The molecule has 4 fully saturated rings. The van der Waals surface area contributed by atoms with Crippen molar-refractivity contribution in [1.29, 1.82) is 0 Å². The average molecular weight is 685 g/mol. The standard InChI is InChI=1S/C41H72O4Si2/c1-30-32(26-34(44-46(12,13)37(2,3)4)27-36(30)45-47(14,15)38(5,6)7)21-20-31-18-16-24-40(10)35(31)22-25-41(40)28-33(41)19-17-23-39(8,9)43-29-42-11/h17,19-21,33-36H,1,16,18,22-29H2,2-15H3/b19-17-,31-20+,32-21-/t33-,34-,35+,36+,40+,41+/m1/s1. The lowest BCUT2D eigenvalue weighted by molar-refractivity contribution is -0.112. The van der Waals surface area contributed by atoms with Crippen LogP contribution >= 0.6 is 0 Å². The summed E-state index contributed by atoms with van der Waals surface area (Å²) in [5, 5.41) is 0.332. The molecule has 4 nitrogen and oxygen atoms in total. The van der Waals surface area contributed by atoms with E-state index in [0.29, 0.717) is 29.5 Å². The van der Waals surface area contributed by atoms with Crippen LogP contribution in [0.25, 0.3) is 0 Å². The van der Waals surface area contributed by atoms with Gasteiger partial charge in [0.1, 0.15) is 6.79 Å². The zero-order chi connectivity index (χ0) is 35.3. The minimum Gasteiger partial charge on any atom is -0.413 e. The molecule has 0 heterocycles. The predicted molar refractivity (Wildman–Crippen MR) is 205 cm³/mol. The Balaban J connectivity index is 1.55. The Kier molecular flexibility index (Phi) is 11.4. The molecule has 1 spiro atoms. The third-order valence-electron chi connectivity index (χ3n) is 13.8. The normalized spacial score (nSPS) is 34.2. The van der Waals surface area contributed by atoms with E-state index in [0.717, 1.165) is 19.3 Å². The van der Waals surface area contributed by atoms with Crippen LogP contribution in [0.3, 0.4) is 0 Å². The lowest BCUT2D eigenvalue weighted by atomic mass is 9.61. The van der Waals surface area contributed by atoms with Crippen LogP contribution in [0.2, 0.25) is 36.3 Å². The Hall–Kier alpha value is -0.766. The van der Waals surface area contributed by atoms with Crippen LogP contribution in [0.5, 0.6) is 0 Å². The first-order chi connectivity index (χ1) is 21.5. The number of hydrogen-bond donors (Lipinski definition) is 0. The Morgan fingerprint density at radius 2 is 1.55 bits per heavy atom. The summed E-state index contributed by atoms with van der Waals surface area (Å²) < 4.78 is 25.2. The lowest BCUT2D eigenvalue weighted by Crippen LogP contribution is -2.49. The highest BCUT2D eigenvalue weighted by molar-refractivity contribution is 6.74. The van der Waals surface area contributed by atoms with Crippen molar-refractivity contribution >= 4 is 16.6 Å². The minimum absolute atomic E-state index is 0.0271. The average Bonchev–Trinajstić information content (AvgIpc) is 3.56. The first kappa shape index (κ1) is 39.0. The molecular weight excluding hydrogens is 613 g/mol. The van der Waals surface area contributed by atoms with Crippen molar-refractivity contribution in [3.8, 4) is 0 Å². The number of rotatable bonds is 11. The van der Waals surface area contributed by atoms with E-state index in [-0.39, 0.29) is 27.9 Å². The number of allylic oxidation sites excluding steroid dienone is 4. The molecule has 0 bridgehead atoms. The van der Waals surface area contributed by atoms with Crippen molar-refractivity contribution in [2.75, 3.05) is 13.9 Å². The molecule has 4 rings (SSSR count). The van der Waals surface area contributed by atoms with Gasteiger partial charge < -0.3 is 18.3 Å². The van der Waals surface area contributed by atoms with Gasteiger partial charge in [0.25, 0.3) is 0 Å². The summed E-state index contributed by atoms with van der Waals surface area (Å²) in [5.41, 5.74) is 4.87. The predicted octanol–water partition coefficient (Wildman–Crippen LogP) is 11.9. The summed E-state index contributed by atoms with van der Waals surface area (Å²) in [5.74, 6) is 1.39. The second-order valence-electron chi connectivity index (χ2n) is 19.5. The lowest BCUT2D eigenvalue weighted by Gasteiger charge is -2.45. The quantitative estimate of drug-likeness (QED) is 0.123. The largest absolute Gasteiger partial charge is 0.413 e. The summed E-state index contributed by atoms with van der Waals surface area (Å²) in [7, 11) is -2.22. The molecule has 4 aliphatic rings. The molecule has 4 aliphatic carbocycles. The highest BCUT2D eigenvalue weighted by Gasteiger charge is 2.69. The van der Waals surface area contributed by atoms with E-state index in [4.69, 9.17) is 24.9 Å². The molecule has 0 aromatic rings. The molecular formula is C41H72O4Si2. The summed E-state index contributed by atoms with van der Waals surface area (Å²) in [6.07, 6.45) is 20.8. The van der Waals surface area contributed by atoms with Crippen molar-refractivity contribution in [1.82, 2.24) is 0 Å². The van der Waals surface area contributed by atoms with Gasteiger partial charge in [0.15, 0.2) is 16.6 Å². The fraction of sp³-hybridized carbons (Fsp3) is 0.805. The maximum absolute atomic E-state index is 7.11. The Labute approximate surface area is 292 Å². The van der Waals surface area contributed by atoms with Gasteiger partial charge in [0.05, 0.1) is 17.8 Å². The number of ether oxygens (including phenoxy) is 2. The summed E-state index contributed by atoms with van der Waals surface area (Å²) in [6, 6.07) is 0. The first-order valence-electron chi connectivity index (χ1n) is 18.7. The van der Waals surface area contributed by atoms with E-state index < -0.39 is 16.6 Å². The second-order valence-corrected chi connectivity index (χ2v) is 29.1. The molecule has 0 unspecified atom stereocenters. The highest BCUT2D eigenvalue weighted by atomic mass is 28.4. The number of hydrogen-bond acceptors (Lipinski definition) is 4. The van der Waals surface area contributed by atoms with Crippen molar-refractivity contribution in [3.63, 3.8) is 0 Å². The van der Waals surface area contributed by atoms with Gasteiger partial charge in [-0.25, -0.2) is 0 Å². The summed E-state index contributed by atoms with van der Waals surface area (Å²) >= 11 is 0. The molecule has 0 amide bonds. The molecule has 268 valence electrons. The van der Waals surface area contributed by atoms with Gasteiger partial charge in [-0.2, -0.15) is 0 Å². The molecule has 0 N–H and O–H groups in total. The number of methoxy groups -OCH3 is 1. The summed E-state index contributed by atoms with van der Waals surface area (Å²) in [4.78, 5) is 0. The van der Waals surface area contributed by atoms with Crippen LogP contribution in [0, 0.1) is 22.7 Å². The van der Waals surface area contributed by atoms with E-state index in [1.54, 1.807) is 12.7 Å². The zero-order valence-corrected chi connectivity index (χ0v) is 35.0. The fourth-order valence-corrected chi connectivity index (χ4v) is 11.2. The third kappa shape index (κ3) is 8.25. The van der Waals surface area contributed by atoms with Gasteiger partial charge in [-0.05, 0) is 135 Å². The highest BCUT2D eigenvalue weighted by Crippen LogP contribution is 2.77. The molecule has 47 heavy (non-hydrogen) atoms. The van der Waals surface area contributed by atoms with E-state index >= 15 is 0 Å². The van der Waals surface area contributed by atoms with Gasteiger partial charge in [0.2, 0.25) is 0 Å². The van der Waals surface area contributed by atoms with Crippen molar-refractivity contribution in [2.24, 2.45) is 22.7 Å². The Bertz CT molecular complexity index is 1230. The van der Waals surface area contributed by atoms with E-state index in [1.807, 2.05) is 0 Å². The van der Waals surface area contributed by atoms with E-state index in [9.17, 15) is 0 Å². The maximum atomic E-state index is 7.11. The first-order valence-corrected chi connectivity index (χ1v) is 24.5. The SMILES string of the molecule is C=C1/C(=C\C=C2/CCC[C@@]3(C)[C@H]2CC[C@@]32C[C@H]2/C=C\CC(C)(C)OCOC)C[C@@H](O[Si](C)(C)C(C)(C)C)C[C@@H]1O[Si](C)(C)C(C)(C)C. The maximum Gasteiger partial charge on any atom is 0.192 e. The summed E-state index contributed by atoms with van der Waals surface area (Å²) in [6.45, 7) is 35.6. The third-order valence-corrected chi connectivity index (χ3v) is 22.8. The molecule has 0 aliphatic heterocycles. The van der Waals surface area contributed by atoms with Crippen LogP contribution in [-0.4, -0.2) is 48.3 Å². The van der Waals surface area contributed by atoms with Crippen LogP contribution in [0.1, 0.15) is 120 Å². The van der Waals surface area contributed by atoms with Gasteiger partial charge in [-0.15, -0.1) is 0 Å². The minimum atomic E-state index is -1.98. The van der Waals surface area contributed by atoms with Crippen molar-refractivity contribution in [2.45, 2.75) is 174 Å². The molecule has 6 atom stereocenters. The monoisotopic (exact) mass is 684 g/mol. The molecule has 0 aromatic carbocycles. The van der Waals surface area contributed by atoms with Crippen LogP contribution in [0.4, 0.5) is 0 Å². The van der Waals surface area contributed by atoms with E-state index in [2.05, 4.69) is 113 Å². The van der Waals surface area contributed by atoms with Gasteiger partial charge in [-0.3, -0.25) is 0 Å². The topological polar surface area (TPSA) is 36.9 Å². The molecule has 4 saturated carbocycles. The van der Waals surface area contributed by atoms with Crippen molar-refractivity contribution < 1.29 is 18.3 Å². The Morgan fingerprint density at radius 3 is 2.17 bits per heavy atom. The van der Waals surface area contributed by atoms with Crippen LogP contribution < -0.4 is 0 Å². The molecule has 0 radical (unpaired) electrons. The smallest absolute Gasteiger partial charge is 0.192 e. The van der Waals surface area contributed by atoms with Crippen molar-refractivity contribution in [3.05, 3.63) is 47.6 Å². The molecule has 6 heteroatoms. The van der Waals surface area contributed by atoms with E-state index in [1.165, 1.54) is 49.7 Å². The molecule has 0 saturated heterocycles. The van der Waals surface area contributed by atoms with Gasteiger partial charge >= 0.3 is 0 Å². The fourth-order valence-electron chi connectivity index (χ4n) is 8.49. The number of fused-ring (bicyclic) bond motifs is 2. The van der Waals surface area contributed by atoms with Crippen LogP contribution in [0.15, 0.2) is 47.6 Å². The molecule has 0 aromatic heterocycles. The van der Waals surface area contributed by atoms with Gasteiger partial charge in [-0.1, -0.05) is 84.9 Å². The second kappa shape index (κ2) is 13.7. The van der Waals surface area contributed by atoms with Crippen LogP contribution in [-0.2, 0) is 18.3 Å². The van der Waals surface area contributed by atoms with Gasteiger partial charge in [0, 0.05) is 13.5 Å². The zero-order valence-electron chi connectivity index (χ0n) is 33.0. The Morgan fingerprint density at radius 1 is 0.915 bits per heavy atom.